The van der Waals surface area contributed by atoms with Crippen molar-refractivity contribution in [1.29, 1.82) is 0 Å². The fourth-order valence-corrected chi connectivity index (χ4v) is 4.91. The number of nitrogens with one attached hydrogen (secondary N) is 3. The van der Waals surface area contributed by atoms with Gasteiger partial charge in [0.05, 0.1) is 17.8 Å². The molecule has 5 heterocycles. The maximum absolute atomic E-state index is 11.5. The third kappa shape index (κ3) is 4.83. The Kier molecular flexibility index (Phi) is 5.63. The van der Waals surface area contributed by atoms with Gasteiger partial charge in [0.15, 0.2) is 5.82 Å². The Morgan fingerprint density at radius 2 is 1.97 bits per heavy atom. The summed E-state index contributed by atoms with van der Waals surface area (Å²) < 4.78 is 35.8. The van der Waals surface area contributed by atoms with Gasteiger partial charge < -0.3 is 10.1 Å². The van der Waals surface area contributed by atoms with Gasteiger partial charge in [0.2, 0.25) is 0 Å². The molecule has 4 aromatic heterocycles. The van der Waals surface area contributed by atoms with Crippen molar-refractivity contribution < 1.29 is 13.2 Å². The van der Waals surface area contributed by atoms with Crippen LogP contribution in [-0.2, 0) is 10.2 Å². The first-order valence-electron chi connectivity index (χ1n) is 10.7. The highest BCUT2D eigenvalue weighted by atomic mass is 32.2. The Balaban J connectivity index is 1.41. The summed E-state index contributed by atoms with van der Waals surface area (Å²) in [5.41, 5.74) is 4.40. The summed E-state index contributed by atoms with van der Waals surface area (Å²) in [6, 6.07) is 9.36. The van der Waals surface area contributed by atoms with Crippen LogP contribution in [0.1, 0.15) is 17.2 Å². The van der Waals surface area contributed by atoms with E-state index in [1.165, 1.54) is 0 Å². The normalized spacial score (nSPS) is 17.2. The van der Waals surface area contributed by atoms with Crippen LogP contribution in [0, 0.1) is 20.8 Å². The fraction of sp³-hybridized carbons (Fsp3) is 0.273. The van der Waals surface area contributed by atoms with Crippen LogP contribution >= 0.6 is 0 Å². The van der Waals surface area contributed by atoms with E-state index >= 15 is 0 Å². The monoisotopic (exact) mass is 480 g/mol. The Morgan fingerprint density at radius 1 is 1.12 bits per heavy atom. The second kappa shape index (κ2) is 8.63. The van der Waals surface area contributed by atoms with E-state index in [1.54, 1.807) is 10.7 Å². The zero-order valence-corrected chi connectivity index (χ0v) is 19.7. The second-order valence-electron chi connectivity index (χ2n) is 8.18. The van der Waals surface area contributed by atoms with E-state index in [2.05, 4.69) is 34.8 Å². The molecule has 11 nitrogen and oxygen atoms in total. The molecule has 1 aliphatic heterocycles. The van der Waals surface area contributed by atoms with Crippen LogP contribution < -0.4 is 19.5 Å². The Bertz CT molecular complexity index is 1460. The van der Waals surface area contributed by atoms with Crippen LogP contribution in [-0.4, -0.2) is 52.2 Å². The lowest BCUT2D eigenvalue weighted by molar-refractivity contribution is 0.286. The van der Waals surface area contributed by atoms with Crippen molar-refractivity contribution in [2.45, 2.75) is 26.8 Å². The predicted octanol–water partition coefficient (Wildman–Crippen LogP) is 2.04. The van der Waals surface area contributed by atoms with Crippen molar-refractivity contribution in [2.24, 2.45) is 0 Å². The van der Waals surface area contributed by atoms with Gasteiger partial charge in [0.1, 0.15) is 24.0 Å². The topological polar surface area (TPSA) is 135 Å². The van der Waals surface area contributed by atoms with Crippen LogP contribution in [0.25, 0.3) is 16.6 Å². The third-order valence-corrected chi connectivity index (χ3v) is 6.47. The van der Waals surface area contributed by atoms with E-state index in [9.17, 15) is 8.42 Å². The van der Waals surface area contributed by atoms with Gasteiger partial charge in [-0.1, -0.05) is 0 Å². The zero-order chi connectivity index (χ0) is 23.9. The van der Waals surface area contributed by atoms with Gasteiger partial charge >= 0.3 is 0 Å². The highest BCUT2D eigenvalue weighted by Crippen LogP contribution is 2.31. The van der Waals surface area contributed by atoms with Crippen molar-refractivity contribution in [3.05, 3.63) is 59.9 Å². The molecule has 1 atom stereocenters. The first-order chi connectivity index (χ1) is 16.2. The van der Waals surface area contributed by atoms with Crippen molar-refractivity contribution in [1.82, 2.24) is 34.0 Å². The molecule has 0 aliphatic carbocycles. The van der Waals surface area contributed by atoms with E-state index in [0.29, 0.717) is 23.2 Å². The number of rotatable bonds is 6. The minimum absolute atomic E-state index is 0.185. The molecule has 1 aliphatic rings. The lowest BCUT2D eigenvalue weighted by Gasteiger charge is -2.14. The molecular weight excluding hydrogens is 456 g/mol. The summed E-state index contributed by atoms with van der Waals surface area (Å²) in [5, 5.41) is 7.81. The Labute approximate surface area is 196 Å². The van der Waals surface area contributed by atoms with Gasteiger partial charge in [-0.3, -0.25) is 4.98 Å². The molecule has 4 aromatic rings. The molecule has 0 unspecified atom stereocenters. The first kappa shape index (κ1) is 22.2. The number of ether oxygens (including phenoxy) is 1. The maximum Gasteiger partial charge on any atom is 0.277 e. The molecular formula is C22H24N8O3S. The summed E-state index contributed by atoms with van der Waals surface area (Å²) in [5.74, 6) is 2.62. The summed E-state index contributed by atoms with van der Waals surface area (Å²) in [4.78, 5) is 13.0. The molecule has 0 spiro atoms. The summed E-state index contributed by atoms with van der Waals surface area (Å²) in [7, 11) is -3.44. The number of nitrogens with zero attached hydrogens (tertiary/aromatic N) is 5. The Hall–Kier alpha value is -3.61. The van der Waals surface area contributed by atoms with Gasteiger partial charge in [0.25, 0.3) is 10.2 Å². The second-order valence-corrected chi connectivity index (χ2v) is 9.71. The number of aryl methyl sites for hydroxylation is 3. The average molecular weight is 481 g/mol. The lowest BCUT2D eigenvalue weighted by Crippen LogP contribution is -2.32. The number of aromatic nitrogens is 5. The van der Waals surface area contributed by atoms with Crippen LogP contribution in [0.4, 0.5) is 11.6 Å². The van der Waals surface area contributed by atoms with E-state index in [4.69, 9.17) is 4.74 Å². The van der Waals surface area contributed by atoms with E-state index in [-0.39, 0.29) is 19.2 Å². The largest absolute Gasteiger partial charge is 0.490 e. The number of pyridine rings is 2. The number of hydrogen-bond acceptors (Lipinski definition) is 8. The number of fused-ring (bicyclic) bond motifs is 1. The van der Waals surface area contributed by atoms with Crippen LogP contribution in [0.3, 0.4) is 0 Å². The summed E-state index contributed by atoms with van der Waals surface area (Å²) in [6.07, 6.45) is 3.54. The molecule has 3 N–H and O–H groups in total. The molecule has 0 saturated carbocycles. The molecule has 1 fully saturated rings. The van der Waals surface area contributed by atoms with Gasteiger partial charge in [-0.15, -0.1) is 0 Å². The van der Waals surface area contributed by atoms with Crippen LogP contribution in [0.5, 0.6) is 5.75 Å². The molecule has 0 bridgehead atoms. The highest BCUT2D eigenvalue weighted by Gasteiger charge is 2.26. The lowest BCUT2D eigenvalue weighted by atomic mass is 10.1. The van der Waals surface area contributed by atoms with Gasteiger partial charge in [-0.05, 0) is 44.5 Å². The minimum atomic E-state index is -3.44. The standard InChI is InChI=1S/C22H24N8O3S/c1-13-6-19(20(11-23-13)33-12-17-10-24-34(31,32)29-17)16-4-5-30-18(8-16)9-22(28-30)27-21-7-14(2)25-15(3)26-21/h4-9,11,17,24,29H,10,12H2,1-3H3,(H,25,26,27,28)/t17-/m1/s1. The highest BCUT2D eigenvalue weighted by molar-refractivity contribution is 7.87. The summed E-state index contributed by atoms with van der Waals surface area (Å²) in [6.45, 7) is 6.14. The van der Waals surface area contributed by atoms with E-state index < -0.39 is 10.2 Å². The smallest absolute Gasteiger partial charge is 0.277 e. The van der Waals surface area contributed by atoms with Crippen molar-refractivity contribution in [2.75, 3.05) is 18.5 Å². The van der Waals surface area contributed by atoms with Crippen molar-refractivity contribution in [3.8, 4) is 16.9 Å². The Morgan fingerprint density at radius 3 is 2.74 bits per heavy atom. The first-order valence-corrected chi connectivity index (χ1v) is 12.2. The molecule has 0 aromatic carbocycles. The minimum Gasteiger partial charge on any atom is -0.490 e. The zero-order valence-electron chi connectivity index (χ0n) is 18.9. The van der Waals surface area contributed by atoms with Gasteiger partial charge in [-0.25, -0.2) is 19.2 Å². The molecule has 34 heavy (non-hydrogen) atoms. The van der Waals surface area contributed by atoms with Crippen LogP contribution in [0.2, 0.25) is 0 Å². The maximum atomic E-state index is 11.5. The quantitative estimate of drug-likeness (QED) is 0.382. The third-order valence-electron chi connectivity index (χ3n) is 5.28. The molecule has 5 rings (SSSR count). The van der Waals surface area contributed by atoms with Crippen LogP contribution in [0.15, 0.2) is 42.7 Å². The molecule has 0 amide bonds. The van der Waals surface area contributed by atoms with Gasteiger partial charge in [0, 0.05) is 41.8 Å². The van der Waals surface area contributed by atoms with Gasteiger partial charge in [-0.2, -0.15) is 18.2 Å². The SMILES string of the molecule is Cc1cc(-c2ccn3nc(Nc4cc(C)nc(C)n4)cc3c2)c(OC[C@H]2CNS(=O)(=O)N2)cn1. The molecule has 176 valence electrons. The number of hydrogen-bond donors (Lipinski definition) is 3. The molecule has 1 saturated heterocycles. The molecule has 0 radical (unpaired) electrons. The fourth-order valence-electron chi connectivity index (χ4n) is 3.82. The van der Waals surface area contributed by atoms with E-state index in [0.717, 1.165) is 28.0 Å². The summed E-state index contributed by atoms with van der Waals surface area (Å²) >= 11 is 0. The average Bonchev–Trinajstić information content (AvgIpc) is 3.33. The number of anilines is 2. The van der Waals surface area contributed by atoms with Crippen molar-refractivity contribution in [3.63, 3.8) is 0 Å². The van der Waals surface area contributed by atoms with Crippen molar-refractivity contribution >= 4 is 27.4 Å². The predicted molar refractivity (Wildman–Crippen MR) is 127 cm³/mol. The molecule has 12 heteroatoms. The van der Waals surface area contributed by atoms with E-state index in [1.807, 2.05) is 57.3 Å².